The van der Waals surface area contributed by atoms with Crippen molar-refractivity contribution >= 4 is 5.97 Å². The molecule has 0 bridgehead atoms. The van der Waals surface area contributed by atoms with Gasteiger partial charge in [-0.3, -0.25) is 9.78 Å². The van der Waals surface area contributed by atoms with Crippen LogP contribution in [0.4, 0.5) is 0 Å². The van der Waals surface area contributed by atoms with Gasteiger partial charge in [-0.15, -0.1) is 0 Å². The summed E-state index contributed by atoms with van der Waals surface area (Å²) in [7, 11) is 1.46. The van der Waals surface area contributed by atoms with Crippen molar-refractivity contribution < 1.29 is 14.6 Å². The highest BCUT2D eigenvalue weighted by Gasteiger charge is 2.30. The van der Waals surface area contributed by atoms with E-state index in [1.54, 1.807) is 0 Å². The van der Waals surface area contributed by atoms with E-state index >= 15 is 0 Å². The van der Waals surface area contributed by atoms with Crippen LogP contribution >= 0.6 is 0 Å². The molecular weight excluding hydrogens is 254 g/mol. The zero-order valence-electron chi connectivity index (χ0n) is 12.2. The third kappa shape index (κ3) is 3.37. The lowest BCUT2D eigenvalue weighted by molar-refractivity contribution is -0.146. The lowest BCUT2D eigenvalue weighted by atomic mass is 9.75. The van der Waals surface area contributed by atoms with Gasteiger partial charge in [0, 0.05) is 11.6 Å². The van der Waals surface area contributed by atoms with Crippen molar-refractivity contribution in [2.75, 3.05) is 7.11 Å². The van der Waals surface area contributed by atoms with Crippen LogP contribution in [-0.2, 0) is 16.1 Å². The van der Waals surface area contributed by atoms with E-state index < -0.39 is 0 Å². The number of hydrogen-bond donors (Lipinski definition) is 1. The third-order valence-corrected chi connectivity index (χ3v) is 4.47. The summed E-state index contributed by atoms with van der Waals surface area (Å²) in [5.41, 5.74) is 1.76. The normalized spacial score (nSPS) is 24.1. The fourth-order valence-electron chi connectivity index (χ4n) is 3.10. The molecule has 4 nitrogen and oxygen atoms in total. The summed E-state index contributed by atoms with van der Waals surface area (Å²) in [6.45, 7) is 2.17. The van der Waals surface area contributed by atoms with Gasteiger partial charge in [-0.1, -0.05) is 13.0 Å². The molecule has 1 aromatic heterocycles. The molecule has 1 fully saturated rings. The molecule has 0 saturated heterocycles. The van der Waals surface area contributed by atoms with Gasteiger partial charge in [-0.05, 0) is 43.7 Å². The molecule has 2 rings (SSSR count). The minimum atomic E-state index is -0.0727. The Morgan fingerprint density at radius 3 is 2.70 bits per heavy atom. The van der Waals surface area contributed by atoms with Crippen molar-refractivity contribution in [3.63, 3.8) is 0 Å². The number of aromatic nitrogens is 1. The maximum Gasteiger partial charge on any atom is 0.308 e. The van der Waals surface area contributed by atoms with E-state index in [0.29, 0.717) is 11.8 Å². The molecule has 1 N–H and O–H groups in total. The maximum absolute atomic E-state index is 11.5. The number of carbonyl (C=O) groups is 1. The van der Waals surface area contributed by atoms with E-state index in [9.17, 15) is 4.79 Å². The molecule has 1 aliphatic rings. The van der Waals surface area contributed by atoms with Gasteiger partial charge in [-0.25, -0.2) is 0 Å². The molecule has 0 amide bonds. The molecule has 0 aromatic carbocycles. The Hall–Kier alpha value is -1.42. The first kappa shape index (κ1) is 15.0. The molecule has 1 aromatic rings. The highest BCUT2D eigenvalue weighted by atomic mass is 16.5. The number of ether oxygens (including phenoxy) is 1. The Bertz CT molecular complexity index is 453. The quantitative estimate of drug-likeness (QED) is 0.860. The molecule has 4 heteroatoms. The Labute approximate surface area is 120 Å². The van der Waals surface area contributed by atoms with Crippen molar-refractivity contribution in [3.05, 3.63) is 29.6 Å². The number of nitrogens with zero attached hydrogens (tertiary/aromatic N) is 1. The van der Waals surface area contributed by atoms with Crippen molar-refractivity contribution in [1.82, 2.24) is 4.98 Å². The van der Waals surface area contributed by atoms with E-state index in [-0.39, 0.29) is 18.5 Å². The van der Waals surface area contributed by atoms with E-state index in [1.807, 2.05) is 18.2 Å². The predicted molar refractivity (Wildman–Crippen MR) is 76.0 cm³/mol. The van der Waals surface area contributed by atoms with Crippen LogP contribution in [0.25, 0.3) is 0 Å². The Balaban J connectivity index is 1.97. The highest BCUT2D eigenvalue weighted by molar-refractivity contribution is 5.72. The molecule has 0 spiro atoms. The molecule has 1 atom stereocenters. The molecule has 0 radical (unpaired) electrons. The largest absolute Gasteiger partial charge is 0.469 e. The van der Waals surface area contributed by atoms with Gasteiger partial charge in [-0.2, -0.15) is 0 Å². The van der Waals surface area contributed by atoms with Crippen molar-refractivity contribution in [1.29, 1.82) is 0 Å². The fraction of sp³-hybridized carbons (Fsp3) is 0.625. The van der Waals surface area contributed by atoms with Gasteiger partial charge in [0.15, 0.2) is 0 Å². The molecule has 110 valence electrons. The van der Waals surface area contributed by atoms with E-state index in [1.165, 1.54) is 7.11 Å². The number of esters is 1. The second-order valence-corrected chi connectivity index (χ2v) is 5.64. The minimum absolute atomic E-state index is 0.0182. The summed E-state index contributed by atoms with van der Waals surface area (Å²) in [6.07, 6.45) is 3.88. The van der Waals surface area contributed by atoms with Gasteiger partial charge >= 0.3 is 5.97 Å². The molecule has 0 unspecified atom stereocenters. The number of pyridine rings is 1. The van der Waals surface area contributed by atoms with Crippen LogP contribution < -0.4 is 0 Å². The monoisotopic (exact) mass is 277 g/mol. The van der Waals surface area contributed by atoms with Crippen LogP contribution in [-0.4, -0.2) is 23.2 Å². The van der Waals surface area contributed by atoms with Crippen LogP contribution in [0.1, 0.15) is 49.9 Å². The maximum atomic E-state index is 11.5. The number of rotatable bonds is 4. The van der Waals surface area contributed by atoms with Crippen molar-refractivity contribution in [2.24, 2.45) is 11.8 Å². The van der Waals surface area contributed by atoms with Crippen LogP contribution in [0.3, 0.4) is 0 Å². The van der Waals surface area contributed by atoms with Gasteiger partial charge < -0.3 is 9.84 Å². The van der Waals surface area contributed by atoms with Crippen LogP contribution in [0, 0.1) is 11.8 Å². The van der Waals surface area contributed by atoms with Crippen LogP contribution in [0.2, 0.25) is 0 Å². The van der Waals surface area contributed by atoms with Crippen LogP contribution in [0.15, 0.2) is 18.2 Å². The molecule has 20 heavy (non-hydrogen) atoms. The summed E-state index contributed by atoms with van der Waals surface area (Å²) in [5.74, 6) is 0.911. The topological polar surface area (TPSA) is 59.4 Å². The van der Waals surface area contributed by atoms with E-state index in [2.05, 4.69) is 11.9 Å². The summed E-state index contributed by atoms with van der Waals surface area (Å²) >= 11 is 0. The zero-order chi connectivity index (χ0) is 14.5. The summed E-state index contributed by atoms with van der Waals surface area (Å²) in [6, 6.07) is 5.81. The summed E-state index contributed by atoms with van der Waals surface area (Å²) < 4.78 is 4.82. The number of aliphatic hydroxyl groups is 1. The molecule has 1 saturated carbocycles. The van der Waals surface area contributed by atoms with Gasteiger partial charge in [0.2, 0.25) is 0 Å². The predicted octanol–water partition coefficient (Wildman–Crippen LogP) is 2.66. The minimum Gasteiger partial charge on any atom is -0.469 e. The molecular formula is C16H23NO3. The highest BCUT2D eigenvalue weighted by Crippen LogP contribution is 2.37. The van der Waals surface area contributed by atoms with E-state index in [0.717, 1.165) is 37.1 Å². The molecule has 1 heterocycles. The zero-order valence-corrected chi connectivity index (χ0v) is 12.2. The fourth-order valence-corrected chi connectivity index (χ4v) is 3.10. The lowest BCUT2D eigenvalue weighted by Gasteiger charge is -2.31. The number of hydrogen-bond acceptors (Lipinski definition) is 4. The standard InChI is InChI=1S/C16H23NO3/c1-11(15-5-3-4-14(10-18)17-15)12-6-8-13(9-7-12)16(19)20-2/h3-5,11-13,18H,6-10H2,1-2H3/t11-,12?,13?/m0/s1. The second-order valence-electron chi connectivity index (χ2n) is 5.64. The third-order valence-electron chi connectivity index (χ3n) is 4.47. The SMILES string of the molecule is COC(=O)C1CCC([C@H](C)c2cccc(CO)n2)CC1. The first-order chi connectivity index (χ1) is 9.65. The lowest BCUT2D eigenvalue weighted by Crippen LogP contribution is -2.25. The number of methoxy groups -OCH3 is 1. The second kappa shape index (κ2) is 6.84. The first-order valence-corrected chi connectivity index (χ1v) is 7.30. The van der Waals surface area contributed by atoms with Gasteiger partial charge in [0.1, 0.15) is 0 Å². The molecule has 1 aliphatic carbocycles. The van der Waals surface area contributed by atoms with Crippen molar-refractivity contribution in [2.45, 2.75) is 45.1 Å². The summed E-state index contributed by atoms with van der Waals surface area (Å²) in [4.78, 5) is 16.0. The number of carbonyl (C=O) groups excluding carboxylic acids is 1. The van der Waals surface area contributed by atoms with Crippen molar-refractivity contribution in [3.8, 4) is 0 Å². The summed E-state index contributed by atoms with van der Waals surface area (Å²) in [5, 5.41) is 9.16. The van der Waals surface area contributed by atoms with E-state index in [4.69, 9.17) is 9.84 Å². The molecule has 0 aliphatic heterocycles. The number of aliphatic hydroxyl groups excluding tert-OH is 1. The van der Waals surface area contributed by atoms with Gasteiger partial charge in [0.25, 0.3) is 0 Å². The van der Waals surface area contributed by atoms with Crippen LogP contribution in [0.5, 0.6) is 0 Å². The smallest absolute Gasteiger partial charge is 0.308 e. The Morgan fingerprint density at radius 1 is 1.40 bits per heavy atom. The average molecular weight is 277 g/mol. The Morgan fingerprint density at radius 2 is 2.10 bits per heavy atom. The van der Waals surface area contributed by atoms with Gasteiger partial charge in [0.05, 0.1) is 25.3 Å². The average Bonchev–Trinajstić information content (AvgIpc) is 2.53. The first-order valence-electron chi connectivity index (χ1n) is 7.30. The Kier molecular flexibility index (Phi) is 5.12.